The summed E-state index contributed by atoms with van der Waals surface area (Å²) in [6, 6.07) is 6.55. The second-order valence-corrected chi connectivity index (χ2v) is 6.62. The maximum absolute atomic E-state index is 6.04. The van der Waals surface area contributed by atoms with Crippen molar-refractivity contribution in [1.82, 2.24) is 5.32 Å². The molecule has 0 aliphatic carbocycles. The number of ether oxygens (including phenoxy) is 1. The van der Waals surface area contributed by atoms with Crippen LogP contribution in [0.4, 0.5) is 0 Å². The summed E-state index contributed by atoms with van der Waals surface area (Å²) >= 11 is 0. The van der Waals surface area contributed by atoms with Gasteiger partial charge in [0, 0.05) is 0 Å². The molecule has 0 saturated heterocycles. The minimum Gasteiger partial charge on any atom is -0.493 e. The lowest BCUT2D eigenvalue weighted by Crippen LogP contribution is -2.14. The monoisotopic (exact) mass is 277 g/mol. The molecule has 0 radical (unpaired) electrons. The van der Waals surface area contributed by atoms with Crippen molar-refractivity contribution in [2.75, 3.05) is 20.2 Å². The summed E-state index contributed by atoms with van der Waals surface area (Å²) in [5, 5.41) is 3.18. The normalized spacial score (nSPS) is 11.7. The topological polar surface area (TPSA) is 21.3 Å². The van der Waals surface area contributed by atoms with Crippen LogP contribution in [0.5, 0.6) is 5.75 Å². The van der Waals surface area contributed by atoms with E-state index in [9.17, 15) is 0 Å². The Labute approximate surface area is 124 Å². The van der Waals surface area contributed by atoms with E-state index < -0.39 is 0 Å². The van der Waals surface area contributed by atoms with Gasteiger partial charge in [0.1, 0.15) is 5.75 Å². The summed E-state index contributed by atoms with van der Waals surface area (Å²) in [5.74, 6) is 1.06. The van der Waals surface area contributed by atoms with Crippen molar-refractivity contribution in [3.05, 3.63) is 29.3 Å². The zero-order valence-electron chi connectivity index (χ0n) is 13.9. The fourth-order valence-corrected chi connectivity index (χ4v) is 2.31. The van der Waals surface area contributed by atoms with Crippen molar-refractivity contribution in [2.45, 2.75) is 58.8 Å². The highest BCUT2D eigenvalue weighted by molar-refractivity contribution is 5.41. The van der Waals surface area contributed by atoms with Gasteiger partial charge in [-0.15, -0.1) is 0 Å². The van der Waals surface area contributed by atoms with Gasteiger partial charge in [-0.1, -0.05) is 45.7 Å². The van der Waals surface area contributed by atoms with Crippen molar-refractivity contribution < 1.29 is 4.74 Å². The molecule has 1 N–H and O–H groups in total. The van der Waals surface area contributed by atoms with E-state index in [1.54, 1.807) is 0 Å². The summed E-state index contributed by atoms with van der Waals surface area (Å²) in [6.07, 6.45) is 4.93. The molecule has 0 saturated carbocycles. The van der Waals surface area contributed by atoms with Crippen LogP contribution in [0.25, 0.3) is 0 Å². The van der Waals surface area contributed by atoms with E-state index in [0.29, 0.717) is 0 Å². The van der Waals surface area contributed by atoms with Gasteiger partial charge in [-0.25, -0.2) is 0 Å². The fraction of sp³-hybridized carbons (Fsp3) is 0.667. The van der Waals surface area contributed by atoms with Crippen LogP contribution in [-0.4, -0.2) is 20.2 Å². The van der Waals surface area contributed by atoms with Crippen molar-refractivity contribution in [3.8, 4) is 5.75 Å². The number of rotatable bonds is 8. The molecule has 0 aliphatic rings. The van der Waals surface area contributed by atoms with Gasteiger partial charge in [0.2, 0.25) is 0 Å². The van der Waals surface area contributed by atoms with Gasteiger partial charge in [0.25, 0.3) is 0 Å². The maximum atomic E-state index is 6.04. The molecule has 1 rings (SSSR count). The van der Waals surface area contributed by atoms with Gasteiger partial charge < -0.3 is 10.1 Å². The molecule has 0 unspecified atom stereocenters. The molecule has 114 valence electrons. The molecular formula is C18H31NO. The van der Waals surface area contributed by atoms with Crippen LogP contribution in [0.1, 0.15) is 57.6 Å². The zero-order valence-corrected chi connectivity index (χ0v) is 13.9. The first-order valence-corrected chi connectivity index (χ1v) is 7.83. The number of hydrogen-bond acceptors (Lipinski definition) is 2. The Kier molecular flexibility index (Phi) is 7.08. The Morgan fingerprint density at radius 1 is 1.05 bits per heavy atom. The number of aryl methyl sites for hydroxylation is 1. The molecule has 0 amide bonds. The number of unbranched alkanes of at least 4 members (excludes halogenated alkanes) is 3. The van der Waals surface area contributed by atoms with Gasteiger partial charge in [-0.2, -0.15) is 0 Å². The quantitative estimate of drug-likeness (QED) is 0.709. The summed E-state index contributed by atoms with van der Waals surface area (Å²) in [6.45, 7) is 10.8. The molecule has 0 atom stereocenters. The Hall–Kier alpha value is -1.02. The van der Waals surface area contributed by atoms with Crippen molar-refractivity contribution >= 4 is 0 Å². The predicted octanol–water partition coefficient (Wildman–Crippen LogP) is 4.45. The van der Waals surface area contributed by atoms with Crippen LogP contribution in [-0.2, 0) is 5.41 Å². The lowest BCUT2D eigenvalue weighted by atomic mass is 9.86. The molecular weight excluding hydrogens is 246 g/mol. The molecule has 0 aromatic heterocycles. The van der Waals surface area contributed by atoms with Gasteiger partial charge in [-0.3, -0.25) is 0 Å². The molecule has 1 aromatic rings. The highest BCUT2D eigenvalue weighted by Gasteiger charge is 2.18. The lowest BCUT2D eigenvalue weighted by Gasteiger charge is -2.23. The molecule has 2 nitrogen and oxygen atoms in total. The largest absolute Gasteiger partial charge is 0.493 e. The third-order valence-corrected chi connectivity index (χ3v) is 3.52. The minimum atomic E-state index is 0.135. The van der Waals surface area contributed by atoms with Crippen LogP contribution in [0.2, 0.25) is 0 Å². The van der Waals surface area contributed by atoms with E-state index in [1.807, 2.05) is 7.05 Å². The van der Waals surface area contributed by atoms with Crippen LogP contribution in [0.3, 0.4) is 0 Å². The third kappa shape index (κ3) is 5.96. The smallest absolute Gasteiger partial charge is 0.123 e. The fourth-order valence-electron chi connectivity index (χ4n) is 2.31. The molecule has 0 aliphatic heterocycles. The van der Waals surface area contributed by atoms with Crippen LogP contribution >= 0.6 is 0 Å². The van der Waals surface area contributed by atoms with E-state index in [4.69, 9.17) is 4.74 Å². The maximum Gasteiger partial charge on any atom is 0.123 e. The highest BCUT2D eigenvalue weighted by atomic mass is 16.5. The molecule has 20 heavy (non-hydrogen) atoms. The van der Waals surface area contributed by atoms with Crippen molar-refractivity contribution in [3.63, 3.8) is 0 Å². The standard InChI is InChI=1S/C18H31NO/c1-15-10-11-16(18(2,3)4)17(14-15)20-13-9-7-6-8-12-19-5/h10-11,14,19H,6-9,12-13H2,1-5H3. The molecule has 0 fully saturated rings. The third-order valence-electron chi connectivity index (χ3n) is 3.52. The zero-order chi connectivity index (χ0) is 15.0. The summed E-state index contributed by atoms with van der Waals surface area (Å²) < 4.78 is 6.04. The Morgan fingerprint density at radius 2 is 1.75 bits per heavy atom. The molecule has 1 aromatic carbocycles. The van der Waals surface area contributed by atoms with E-state index in [0.717, 1.165) is 25.3 Å². The van der Waals surface area contributed by atoms with Crippen LogP contribution < -0.4 is 10.1 Å². The first-order valence-electron chi connectivity index (χ1n) is 7.83. The minimum absolute atomic E-state index is 0.135. The number of nitrogens with one attached hydrogen (secondary N) is 1. The summed E-state index contributed by atoms with van der Waals surface area (Å²) in [5.41, 5.74) is 2.70. The number of benzene rings is 1. The molecule has 2 heteroatoms. The lowest BCUT2D eigenvalue weighted by molar-refractivity contribution is 0.296. The first kappa shape index (κ1) is 17.0. The summed E-state index contributed by atoms with van der Waals surface area (Å²) in [7, 11) is 2.01. The summed E-state index contributed by atoms with van der Waals surface area (Å²) in [4.78, 5) is 0. The second kappa shape index (κ2) is 8.31. The first-order chi connectivity index (χ1) is 9.45. The van der Waals surface area contributed by atoms with Crippen molar-refractivity contribution in [2.24, 2.45) is 0 Å². The van der Waals surface area contributed by atoms with Gasteiger partial charge in [-0.05, 0) is 56.0 Å². The Morgan fingerprint density at radius 3 is 2.40 bits per heavy atom. The molecule has 0 bridgehead atoms. The molecule has 0 heterocycles. The van der Waals surface area contributed by atoms with E-state index in [2.05, 4.69) is 51.2 Å². The Balaban J connectivity index is 2.45. The highest BCUT2D eigenvalue weighted by Crippen LogP contribution is 2.32. The predicted molar refractivity (Wildman–Crippen MR) is 87.8 cm³/mol. The van der Waals surface area contributed by atoms with E-state index >= 15 is 0 Å². The second-order valence-electron chi connectivity index (χ2n) is 6.62. The van der Waals surface area contributed by atoms with E-state index in [1.165, 1.54) is 30.4 Å². The van der Waals surface area contributed by atoms with Crippen LogP contribution in [0.15, 0.2) is 18.2 Å². The van der Waals surface area contributed by atoms with Crippen molar-refractivity contribution in [1.29, 1.82) is 0 Å². The average Bonchev–Trinajstić information content (AvgIpc) is 2.36. The van der Waals surface area contributed by atoms with Gasteiger partial charge in [0.15, 0.2) is 0 Å². The van der Waals surface area contributed by atoms with E-state index in [-0.39, 0.29) is 5.41 Å². The van der Waals surface area contributed by atoms with Gasteiger partial charge in [0.05, 0.1) is 6.61 Å². The molecule has 0 spiro atoms. The number of hydrogen-bond donors (Lipinski definition) is 1. The SMILES string of the molecule is CNCCCCCCOc1cc(C)ccc1C(C)(C)C. The Bertz CT molecular complexity index is 393. The van der Waals surface area contributed by atoms with Crippen LogP contribution in [0, 0.1) is 6.92 Å². The average molecular weight is 277 g/mol. The van der Waals surface area contributed by atoms with Gasteiger partial charge >= 0.3 is 0 Å².